The fourth-order valence-corrected chi connectivity index (χ4v) is 4.90. The van der Waals surface area contributed by atoms with E-state index in [1.165, 1.54) is 7.11 Å². The Morgan fingerprint density at radius 2 is 1.88 bits per heavy atom. The van der Waals surface area contributed by atoms with E-state index < -0.39 is 0 Å². The Bertz CT molecular complexity index is 1200. The molecule has 8 nitrogen and oxygen atoms in total. The SMILES string of the molecule is COC=O.N=C(N)c1ccc(NC(=O)c2cc3c(cc2N2CCCC2)OCc2cscc2-3)cc1. The third kappa shape index (κ3) is 4.89. The summed E-state index contributed by atoms with van der Waals surface area (Å²) in [6.45, 7) is 2.82. The van der Waals surface area contributed by atoms with Crippen molar-refractivity contribution in [2.75, 3.05) is 30.4 Å². The van der Waals surface area contributed by atoms with E-state index in [1.54, 1.807) is 35.6 Å². The average molecular weight is 479 g/mol. The lowest BCUT2D eigenvalue weighted by molar-refractivity contribution is -0.126. The van der Waals surface area contributed by atoms with Crippen LogP contribution in [0, 0.1) is 5.41 Å². The quantitative estimate of drug-likeness (QED) is 0.287. The van der Waals surface area contributed by atoms with Gasteiger partial charge in [0, 0.05) is 47.1 Å². The number of nitrogens with one attached hydrogen (secondary N) is 2. The summed E-state index contributed by atoms with van der Waals surface area (Å²) in [4.78, 5) is 24.5. The van der Waals surface area contributed by atoms with Gasteiger partial charge in [-0.05, 0) is 53.9 Å². The number of nitrogens with zero attached hydrogens (tertiary/aromatic N) is 1. The molecule has 34 heavy (non-hydrogen) atoms. The molecule has 0 saturated carbocycles. The number of hydrogen-bond donors (Lipinski definition) is 3. The molecule has 0 spiro atoms. The molecule has 2 aliphatic rings. The second-order valence-corrected chi connectivity index (χ2v) is 8.68. The highest BCUT2D eigenvalue weighted by atomic mass is 32.1. The number of amides is 1. The summed E-state index contributed by atoms with van der Waals surface area (Å²) in [5.74, 6) is 0.688. The van der Waals surface area contributed by atoms with Crippen LogP contribution in [0.1, 0.15) is 34.3 Å². The molecule has 1 saturated heterocycles. The van der Waals surface area contributed by atoms with Gasteiger partial charge in [-0.15, -0.1) is 0 Å². The number of nitrogens with two attached hydrogens (primary N) is 1. The van der Waals surface area contributed by atoms with E-state index in [1.807, 2.05) is 12.1 Å². The van der Waals surface area contributed by atoms with Gasteiger partial charge >= 0.3 is 0 Å². The number of carbonyl (C=O) groups excluding carboxylic acids is 2. The first kappa shape index (κ1) is 23.3. The molecule has 1 aromatic heterocycles. The molecule has 3 heterocycles. The van der Waals surface area contributed by atoms with Crippen LogP contribution in [0.2, 0.25) is 0 Å². The number of hydrogen-bond acceptors (Lipinski definition) is 7. The molecule has 1 fully saturated rings. The molecule has 0 unspecified atom stereocenters. The van der Waals surface area contributed by atoms with Crippen LogP contribution in [-0.2, 0) is 16.1 Å². The molecule has 9 heteroatoms. The predicted octanol–water partition coefficient (Wildman–Crippen LogP) is 4.23. The summed E-state index contributed by atoms with van der Waals surface area (Å²) < 4.78 is 9.87. The second-order valence-electron chi connectivity index (χ2n) is 7.94. The lowest BCUT2D eigenvalue weighted by Crippen LogP contribution is -2.23. The van der Waals surface area contributed by atoms with E-state index >= 15 is 0 Å². The maximum absolute atomic E-state index is 13.3. The molecule has 0 bridgehead atoms. The smallest absolute Gasteiger partial charge is 0.292 e. The summed E-state index contributed by atoms with van der Waals surface area (Å²) in [5, 5.41) is 14.7. The van der Waals surface area contributed by atoms with E-state index in [0.717, 1.165) is 54.1 Å². The van der Waals surface area contributed by atoms with E-state index in [-0.39, 0.29) is 11.7 Å². The first-order chi connectivity index (χ1) is 16.5. The molecule has 0 aliphatic carbocycles. The van der Waals surface area contributed by atoms with Crippen LogP contribution in [0.5, 0.6) is 5.75 Å². The summed E-state index contributed by atoms with van der Waals surface area (Å²) in [7, 11) is 1.31. The van der Waals surface area contributed by atoms with Crippen molar-refractivity contribution in [2.45, 2.75) is 19.4 Å². The van der Waals surface area contributed by atoms with Crippen molar-refractivity contribution in [3.63, 3.8) is 0 Å². The zero-order valence-electron chi connectivity index (χ0n) is 18.8. The van der Waals surface area contributed by atoms with E-state index in [9.17, 15) is 4.79 Å². The molecule has 2 aliphatic heterocycles. The molecular formula is C25H26N4O4S. The molecule has 0 radical (unpaired) electrons. The Balaban J connectivity index is 0.000000636. The van der Waals surface area contributed by atoms with Crippen LogP contribution < -0.4 is 20.7 Å². The molecule has 3 aromatic rings. The van der Waals surface area contributed by atoms with Crippen molar-refractivity contribution in [1.82, 2.24) is 0 Å². The van der Waals surface area contributed by atoms with Gasteiger partial charge in [-0.2, -0.15) is 11.3 Å². The monoisotopic (exact) mass is 478 g/mol. The maximum atomic E-state index is 13.3. The fourth-order valence-electron chi connectivity index (χ4n) is 4.06. The van der Waals surface area contributed by atoms with Crippen molar-refractivity contribution < 1.29 is 19.1 Å². The lowest BCUT2D eigenvalue weighted by Gasteiger charge is -2.25. The van der Waals surface area contributed by atoms with Crippen LogP contribution in [0.15, 0.2) is 47.2 Å². The molecule has 0 atom stereocenters. The number of carbonyl (C=O) groups is 2. The number of benzene rings is 2. The van der Waals surface area contributed by atoms with Crippen molar-refractivity contribution >= 4 is 40.9 Å². The van der Waals surface area contributed by atoms with E-state index in [4.69, 9.17) is 20.7 Å². The summed E-state index contributed by atoms with van der Waals surface area (Å²) in [6, 6.07) is 11.0. The van der Waals surface area contributed by atoms with E-state index in [0.29, 0.717) is 29.9 Å². The van der Waals surface area contributed by atoms with Crippen LogP contribution >= 0.6 is 11.3 Å². The topological polar surface area (TPSA) is 118 Å². The van der Waals surface area contributed by atoms with Crippen molar-refractivity contribution in [3.05, 3.63) is 63.8 Å². The zero-order valence-corrected chi connectivity index (χ0v) is 19.6. The number of rotatable bonds is 5. The molecule has 2 aromatic carbocycles. The number of thiophene rings is 1. The highest BCUT2D eigenvalue weighted by Gasteiger charge is 2.26. The minimum absolute atomic E-state index is 0.00505. The van der Waals surface area contributed by atoms with Gasteiger partial charge in [0.2, 0.25) is 0 Å². The van der Waals surface area contributed by atoms with Gasteiger partial charge in [-0.3, -0.25) is 15.0 Å². The third-order valence-corrected chi connectivity index (χ3v) is 6.55. The van der Waals surface area contributed by atoms with Gasteiger partial charge in [0.25, 0.3) is 12.4 Å². The fraction of sp³-hybridized carbons (Fsp3) is 0.240. The standard InChI is InChI=1S/C23H22N4O2S.C2H4O2/c24-22(25)14-3-5-16(6-4-14)26-23(28)18-9-17-19-13-30-12-15(19)11-29-21(17)10-20(18)27-7-1-2-8-27;1-4-2-3/h3-6,9-10,12-13H,1-2,7-8,11H2,(H3,24,25)(H,26,28);2H,1H3. The molecule has 1 amide bonds. The third-order valence-electron chi connectivity index (χ3n) is 5.75. The molecular weight excluding hydrogens is 452 g/mol. The largest absolute Gasteiger partial charge is 0.488 e. The summed E-state index contributed by atoms with van der Waals surface area (Å²) in [5.41, 5.74) is 11.7. The molecule has 5 rings (SSSR count). The van der Waals surface area contributed by atoms with Gasteiger partial charge in [0.15, 0.2) is 0 Å². The number of methoxy groups -OCH3 is 1. The summed E-state index contributed by atoms with van der Waals surface area (Å²) >= 11 is 1.65. The number of fused-ring (bicyclic) bond motifs is 3. The minimum atomic E-state index is -0.155. The first-order valence-corrected chi connectivity index (χ1v) is 11.8. The summed E-state index contributed by atoms with van der Waals surface area (Å²) in [6.07, 6.45) is 2.25. The molecule has 176 valence electrons. The van der Waals surface area contributed by atoms with Gasteiger partial charge in [0.05, 0.1) is 18.4 Å². The normalized spacial score (nSPS) is 13.5. The number of nitrogen functional groups attached to an aromatic ring is 1. The Labute approximate surface area is 201 Å². The molecule has 4 N–H and O–H groups in total. The lowest BCUT2D eigenvalue weighted by atomic mass is 9.97. The van der Waals surface area contributed by atoms with Crippen molar-refractivity contribution in [2.24, 2.45) is 5.73 Å². The van der Waals surface area contributed by atoms with Crippen molar-refractivity contribution in [1.29, 1.82) is 5.41 Å². The van der Waals surface area contributed by atoms with E-state index in [2.05, 4.69) is 25.7 Å². The Morgan fingerprint density at radius 1 is 1.18 bits per heavy atom. The Kier molecular flexibility index (Phi) is 7.12. The first-order valence-electron chi connectivity index (χ1n) is 10.8. The predicted molar refractivity (Wildman–Crippen MR) is 134 cm³/mol. The highest BCUT2D eigenvalue weighted by Crippen LogP contribution is 2.43. The van der Waals surface area contributed by atoms with Gasteiger partial charge in [-0.25, -0.2) is 0 Å². The van der Waals surface area contributed by atoms with Crippen LogP contribution in [0.25, 0.3) is 11.1 Å². The number of ether oxygens (including phenoxy) is 2. The Morgan fingerprint density at radius 3 is 2.53 bits per heavy atom. The number of anilines is 2. The van der Waals surface area contributed by atoms with Crippen LogP contribution in [0.3, 0.4) is 0 Å². The van der Waals surface area contributed by atoms with Gasteiger partial charge in [0.1, 0.15) is 18.2 Å². The highest BCUT2D eigenvalue weighted by molar-refractivity contribution is 7.08. The minimum Gasteiger partial charge on any atom is -0.488 e. The number of amidine groups is 1. The van der Waals surface area contributed by atoms with Crippen LogP contribution in [-0.4, -0.2) is 38.4 Å². The second kappa shape index (κ2) is 10.4. The zero-order chi connectivity index (χ0) is 24.1. The average Bonchev–Trinajstić information content (AvgIpc) is 3.56. The van der Waals surface area contributed by atoms with Gasteiger partial charge in [-0.1, -0.05) is 0 Å². The van der Waals surface area contributed by atoms with Crippen molar-refractivity contribution in [3.8, 4) is 16.9 Å². The van der Waals surface area contributed by atoms with Gasteiger partial charge < -0.3 is 25.4 Å². The maximum Gasteiger partial charge on any atom is 0.292 e. The van der Waals surface area contributed by atoms with Crippen LogP contribution in [0.4, 0.5) is 11.4 Å². The Hall–Kier alpha value is -3.85.